The molecule has 0 aromatic carbocycles. The molecule has 0 unspecified atom stereocenters. The molecule has 1 fully saturated rings. The predicted octanol–water partition coefficient (Wildman–Crippen LogP) is 1.92. The first-order valence-corrected chi connectivity index (χ1v) is 7.72. The second-order valence-corrected chi connectivity index (χ2v) is 6.13. The average molecular weight is 293 g/mol. The van der Waals surface area contributed by atoms with Crippen molar-refractivity contribution < 1.29 is 19.5 Å². The first kappa shape index (κ1) is 15.7. The Kier molecular flexibility index (Phi) is 4.80. The van der Waals surface area contributed by atoms with Gasteiger partial charge in [0.2, 0.25) is 5.91 Å². The van der Waals surface area contributed by atoms with Crippen molar-refractivity contribution in [1.29, 1.82) is 0 Å². The molecule has 2 aliphatic rings. The van der Waals surface area contributed by atoms with Crippen LogP contribution in [-0.4, -0.2) is 28.8 Å². The van der Waals surface area contributed by atoms with E-state index in [9.17, 15) is 19.5 Å². The van der Waals surface area contributed by atoms with Gasteiger partial charge in [-0.15, -0.1) is 0 Å². The second kappa shape index (κ2) is 6.41. The molecule has 1 saturated carbocycles. The number of rotatable bonds is 5. The minimum Gasteiger partial charge on any atom is -0.480 e. The maximum atomic E-state index is 12.4. The van der Waals surface area contributed by atoms with Crippen LogP contribution < -0.4 is 5.32 Å². The van der Waals surface area contributed by atoms with Crippen LogP contribution in [0.3, 0.4) is 0 Å². The molecule has 0 aliphatic heterocycles. The Morgan fingerprint density at radius 2 is 2.10 bits per heavy atom. The largest absolute Gasteiger partial charge is 0.480 e. The number of allylic oxidation sites excluding steroid dienone is 1. The highest BCUT2D eigenvalue weighted by molar-refractivity contribution is 5.98. The third kappa shape index (κ3) is 3.17. The van der Waals surface area contributed by atoms with Gasteiger partial charge in [0.1, 0.15) is 11.8 Å². The van der Waals surface area contributed by atoms with E-state index in [0.717, 1.165) is 12.8 Å². The topological polar surface area (TPSA) is 83.5 Å². The van der Waals surface area contributed by atoms with Crippen molar-refractivity contribution in [3.8, 4) is 0 Å². The lowest BCUT2D eigenvalue weighted by Gasteiger charge is -2.27. The van der Waals surface area contributed by atoms with Crippen molar-refractivity contribution in [2.75, 3.05) is 0 Å². The number of ketones is 1. The summed E-state index contributed by atoms with van der Waals surface area (Å²) >= 11 is 0. The van der Waals surface area contributed by atoms with Crippen molar-refractivity contribution in [2.45, 2.75) is 52.0 Å². The van der Waals surface area contributed by atoms with Crippen LogP contribution in [-0.2, 0) is 14.4 Å². The minimum absolute atomic E-state index is 0.0161. The lowest BCUT2D eigenvalue weighted by atomic mass is 9.80. The number of amides is 1. The smallest absolute Gasteiger partial charge is 0.326 e. The number of carboxylic acids is 1. The predicted molar refractivity (Wildman–Crippen MR) is 77.6 cm³/mol. The zero-order valence-corrected chi connectivity index (χ0v) is 12.6. The first-order chi connectivity index (χ1) is 9.95. The number of hydrogen-bond acceptors (Lipinski definition) is 3. The maximum Gasteiger partial charge on any atom is 0.326 e. The molecule has 2 rings (SSSR count). The quantitative estimate of drug-likeness (QED) is 0.811. The Hall–Kier alpha value is -1.65. The van der Waals surface area contributed by atoms with Crippen LogP contribution in [0, 0.1) is 17.8 Å². The molecule has 2 aliphatic carbocycles. The summed E-state index contributed by atoms with van der Waals surface area (Å²) in [7, 11) is 0. The van der Waals surface area contributed by atoms with Gasteiger partial charge in [-0.25, -0.2) is 4.79 Å². The van der Waals surface area contributed by atoms with Gasteiger partial charge in [0.25, 0.3) is 0 Å². The van der Waals surface area contributed by atoms with Crippen LogP contribution in [0.5, 0.6) is 0 Å². The van der Waals surface area contributed by atoms with Gasteiger partial charge >= 0.3 is 5.97 Å². The zero-order valence-electron chi connectivity index (χ0n) is 12.6. The Bertz CT molecular complexity index is 483. The molecule has 4 atom stereocenters. The number of carboxylic acid groups (broad SMARTS) is 1. The van der Waals surface area contributed by atoms with Crippen LogP contribution >= 0.6 is 0 Å². The fraction of sp³-hybridized carbons (Fsp3) is 0.688. The standard InChI is InChI=1S/C16H23NO4/c1-3-9(2)14(16(20)21)17-15(19)12-6-4-5-11-10(12)7-8-13(11)18/h6,9-11,14H,3-5,7-8H2,1-2H3,(H,17,19)(H,20,21)/t9-,10-,11-,14-/m0/s1. The summed E-state index contributed by atoms with van der Waals surface area (Å²) in [4.78, 5) is 35.5. The lowest BCUT2D eigenvalue weighted by Crippen LogP contribution is -2.46. The van der Waals surface area contributed by atoms with Crippen LogP contribution in [0.1, 0.15) is 46.0 Å². The van der Waals surface area contributed by atoms with Crippen molar-refractivity contribution in [1.82, 2.24) is 5.32 Å². The Balaban J connectivity index is 2.10. The molecular formula is C16H23NO4. The number of nitrogens with one attached hydrogen (secondary N) is 1. The summed E-state index contributed by atoms with van der Waals surface area (Å²) in [5, 5.41) is 11.9. The number of aliphatic carboxylic acids is 1. The number of Topliss-reactive ketones (excluding diaryl/α,β-unsaturated/α-hetero) is 1. The molecule has 0 spiro atoms. The SMILES string of the molecule is CC[C@H](C)[C@H](NC(=O)C1=CCC[C@@H]2C(=O)CC[C@H]12)C(=O)O. The van der Waals surface area contributed by atoms with Crippen molar-refractivity contribution >= 4 is 17.7 Å². The summed E-state index contributed by atoms with van der Waals surface area (Å²) in [5.74, 6) is -1.26. The third-order valence-corrected chi connectivity index (χ3v) is 4.87. The van der Waals surface area contributed by atoms with Crippen LogP contribution in [0.25, 0.3) is 0 Å². The average Bonchev–Trinajstić information content (AvgIpc) is 2.85. The molecule has 116 valence electrons. The summed E-state index contributed by atoms with van der Waals surface area (Å²) < 4.78 is 0. The molecular weight excluding hydrogens is 270 g/mol. The number of fused-ring (bicyclic) bond motifs is 1. The van der Waals surface area contributed by atoms with E-state index < -0.39 is 12.0 Å². The molecule has 5 nitrogen and oxygen atoms in total. The molecule has 21 heavy (non-hydrogen) atoms. The van der Waals surface area contributed by atoms with Gasteiger partial charge in [0.05, 0.1) is 0 Å². The van der Waals surface area contributed by atoms with Crippen molar-refractivity contribution in [3.63, 3.8) is 0 Å². The summed E-state index contributed by atoms with van der Waals surface area (Å²) in [5.41, 5.74) is 0.617. The zero-order chi connectivity index (χ0) is 15.6. The number of carbonyl (C=O) groups is 3. The van der Waals surface area contributed by atoms with E-state index in [-0.39, 0.29) is 29.4 Å². The molecule has 0 radical (unpaired) electrons. The highest BCUT2D eigenvalue weighted by Gasteiger charge is 2.41. The number of hydrogen-bond donors (Lipinski definition) is 2. The van der Waals surface area contributed by atoms with E-state index in [4.69, 9.17) is 0 Å². The molecule has 0 heterocycles. The van der Waals surface area contributed by atoms with Crippen molar-refractivity contribution in [3.05, 3.63) is 11.6 Å². The molecule has 0 aromatic rings. The maximum absolute atomic E-state index is 12.4. The van der Waals surface area contributed by atoms with Gasteiger partial charge in [-0.2, -0.15) is 0 Å². The monoisotopic (exact) mass is 293 g/mol. The summed E-state index contributed by atoms with van der Waals surface area (Å²) in [6.07, 6.45) is 5.34. The molecule has 0 aromatic heterocycles. The summed E-state index contributed by atoms with van der Waals surface area (Å²) in [6.45, 7) is 3.72. The normalized spacial score (nSPS) is 27.5. The highest BCUT2D eigenvalue weighted by Crippen LogP contribution is 2.40. The second-order valence-electron chi connectivity index (χ2n) is 6.13. The van der Waals surface area contributed by atoms with E-state index in [1.54, 1.807) is 0 Å². The van der Waals surface area contributed by atoms with Gasteiger partial charge in [0, 0.05) is 17.9 Å². The Labute approximate surface area is 124 Å². The van der Waals surface area contributed by atoms with Gasteiger partial charge in [-0.3, -0.25) is 9.59 Å². The van der Waals surface area contributed by atoms with Gasteiger partial charge in [-0.1, -0.05) is 26.3 Å². The van der Waals surface area contributed by atoms with Crippen LogP contribution in [0.2, 0.25) is 0 Å². The minimum atomic E-state index is -1.01. The highest BCUT2D eigenvalue weighted by atomic mass is 16.4. The van der Waals surface area contributed by atoms with Gasteiger partial charge < -0.3 is 10.4 Å². The molecule has 5 heteroatoms. The third-order valence-electron chi connectivity index (χ3n) is 4.87. The Morgan fingerprint density at radius 1 is 1.38 bits per heavy atom. The molecule has 0 saturated heterocycles. The fourth-order valence-corrected chi connectivity index (χ4v) is 3.38. The lowest BCUT2D eigenvalue weighted by molar-refractivity contribution is -0.143. The van der Waals surface area contributed by atoms with Gasteiger partial charge in [0.15, 0.2) is 0 Å². The summed E-state index contributed by atoms with van der Waals surface area (Å²) in [6, 6.07) is -0.874. The van der Waals surface area contributed by atoms with Crippen LogP contribution in [0.4, 0.5) is 0 Å². The Morgan fingerprint density at radius 3 is 2.71 bits per heavy atom. The van der Waals surface area contributed by atoms with Crippen molar-refractivity contribution in [2.24, 2.45) is 17.8 Å². The van der Waals surface area contributed by atoms with Gasteiger partial charge in [-0.05, 0) is 31.1 Å². The fourth-order valence-electron chi connectivity index (χ4n) is 3.38. The first-order valence-electron chi connectivity index (χ1n) is 7.72. The number of carbonyl (C=O) groups excluding carboxylic acids is 2. The van der Waals surface area contributed by atoms with E-state index in [0.29, 0.717) is 24.8 Å². The van der Waals surface area contributed by atoms with E-state index in [1.807, 2.05) is 19.9 Å². The molecule has 1 amide bonds. The molecule has 2 N–H and O–H groups in total. The molecule has 0 bridgehead atoms. The van der Waals surface area contributed by atoms with E-state index in [2.05, 4.69) is 5.32 Å². The van der Waals surface area contributed by atoms with E-state index in [1.165, 1.54) is 0 Å². The van der Waals surface area contributed by atoms with E-state index >= 15 is 0 Å². The van der Waals surface area contributed by atoms with Crippen LogP contribution in [0.15, 0.2) is 11.6 Å².